The van der Waals surface area contributed by atoms with Gasteiger partial charge in [0.2, 0.25) is 0 Å². The molecule has 0 amide bonds. The zero-order valence-corrected chi connectivity index (χ0v) is 12.0. The number of aryl methyl sites for hydroxylation is 1. The Hall–Kier alpha value is -1.78. The van der Waals surface area contributed by atoms with E-state index in [2.05, 4.69) is 4.98 Å². The summed E-state index contributed by atoms with van der Waals surface area (Å²) in [4.78, 5) is 4.56. The number of aromatic nitrogens is 1. The summed E-state index contributed by atoms with van der Waals surface area (Å²) in [6.45, 7) is 1.97. The summed E-state index contributed by atoms with van der Waals surface area (Å²) in [5.74, 6) is -0.220. The Morgan fingerprint density at radius 3 is 2.85 bits per heavy atom. The lowest BCUT2D eigenvalue weighted by atomic mass is 10.0. The molecule has 3 rings (SSSR count). The van der Waals surface area contributed by atoms with E-state index in [1.165, 1.54) is 6.07 Å². The van der Waals surface area contributed by atoms with Gasteiger partial charge in [0.25, 0.3) is 0 Å². The number of rotatable bonds is 3. The van der Waals surface area contributed by atoms with E-state index >= 15 is 0 Å². The zero-order chi connectivity index (χ0) is 14.1. The molecule has 102 valence electrons. The smallest absolute Gasteiger partial charge is 0.123 e. The summed E-state index contributed by atoms with van der Waals surface area (Å²) in [5, 5.41) is 0.898. The van der Waals surface area contributed by atoms with Crippen LogP contribution in [0.4, 0.5) is 4.39 Å². The van der Waals surface area contributed by atoms with E-state index < -0.39 is 0 Å². The van der Waals surface area contributed by atoms with Gasteiger partial charge in [0.05, 0.1) is 16.3 Å². The largest absolute Gasteiger partial charge is 0.322 e. The Labute approximate surface area is 121 Å². The van der Waals surface area contributed by atoms with Gasteiger partial charge in [-0.1, -0.05) is 18.2 Å². The molecule has 0 spiro atoms. The van der Waals surface area contributed by atoms with Crippen LogP contribution in [0.2, 0.25) is 0 Å². The predicted octanol–water partition coefficient (Wildman–Crippen LogP) is 3.99. The zero-order valence-electron chi connectivity index (χ0n) is 11.1. The third-order valence-electron chi connectivity index (χ3n) is 3.38. The second-order valence-electron chi connectivity index (χ2n) is 4.90. The highest BCUT2D eigenvalue weighted by atomic mass is 32.1. The first-order chi connectivity index (χ1) is 9.63. The molecule has 20 heavy (non-hydrogen) atoms. The highest BCUT2D eigenvalue weighted by Crippen LogP contribution is 2.27. The van der Waals surface area contributed by atoms with E-state index in [4.69, 9.17) is 5.73 Å². The minimum Gasteiger partial charge on any atom is -0.322 e. The van der Waals surface area contributed by atoms with E-state index in [1.54, 1.807) is 23.5 Å². The molecular formula is C16H15FN2S. The molecule has 0 saturated carbocycles. The Morgan fingerprint density at radius 2 is 2.05 bits per heavy atom. The molecule has 1 aromatic heterocycles. The van der Waals surface area contributed by atoms with E-state index in [0.717, 1.165) is 26.4 Å². The molecule has 2 N–H and O–H groups in total. The fourth-order valence-electron chi connectivity index (χ4n) is 2.23. The van der Waals surface area contributed by atoms with Crippen molar-refractivity contribution in [3.05, 3.63) is 64.4 Å². The number of benzene rings is 2. The van der Waals surface area contributed by atoms with Crippen molar-refractivity contribution in [3.8, 4) is 0 Å². The van der Waals surface area contributed by atoms with Crippen LogP contribution in [-0.2, 0) is 6.42 Å². The quantitative estimate of drug-likeness (QED) is 0.790. The molecule has 3 aromatic rings. The average Bonchev–Trinajstić information content (AvgIpc) is 2.87. The van der Waals surface area contributed by atoms with Crippen LogP contribution in [0, 0.1) is 12.7 Å². The highest BCUT2D eigenvalue weighted by molar-refractivity contribution is 7.18. The van der Waals surface area contributed by atoms with Gasteiger partial charge >= 0.3 is 0 Å². The maximum absolute atomic E-state index is 13.3. The van der Waals surface area contributed by atoms with Crippen LogP contribution in [0.5, 0.6) is 0 Å². The van der Waals surface area contributed by atoms with E-state index in [1.807, 2.05) is 31.2 Å². The molecule has 0 saturated heterocycles. The molecule has 0 aliphatic heterocycles. The number of fused-ring (bicyclic) bond motifs is 1. The van der Waals surface area contributed by atoms with Gasteiger partial charge in [0.15, 0.2) is 0 Å². The molecule has 4 heteroatoms. The van der Waals surface area contributed by atoms with Gasteiger partial charge in [0, 0.05) is 0 Å². The van der Waals surface area contributed by atoms with Gasteiger partial charge in [-0.3, -0.25) is 0 Å². The van der Waals surface area contributed by atoms with E-state index in [-0.39, 0.29) is 11.9 Å². The van der Waals surface area contributed by atoms with Gasteiger partial charge in [-0.05, 0) is 48.7 Å². The van der Waals surface area contributed by atoms with Gasteiger partial charge in [-0.25, -0.2) is 9.37 Å². The molecule has 1 unspecified atom stereocenters. The van der Waals surface area contributed by atoms with Crippen molar-refractivity contribution in [1.82, 2.24) is 4.98 Å². The Balaban J connectivity index is 1.88. The number of thiazole rings is 1. The molecule has 2 nitrogen and oxygen atoms in total. The molecule has 0 aliphatic carbocycles. The van der Waals surface area contributed by atoms with Crippen LogP contribution >= 0.6 is 11.3 Å². The Morgan fingerprint density at radius 1 is 1.25 bits per heavy atom. The maximum atomic E-state index is 13.3. The number of para-hydroxylation sites is 1. The van der Waals surface area contributed by atoms with Crippen LogP contribution in [-0.4, -0.2) is 4.98 Å². The first-order valence-electron chi connectivity index (χ1n) is 6.49. The van der Waals surface area contributed by atoms with Gasteiger partial charge in [0.1, 0.15) is 10.8 Å². The van der Waals surface area contributed by atoms with Gasteiger partial charge in [-0.15, -0.1) is 11.3 Å². The van der Waals surface area contributed by atoms with Gasteiger partial charge in [-0.2, -0.15) is 0 Å². The number of hydrogen-bond acceptors (Lipinski definition) is 3. The molecule has 1 heterocycles. The van der Waals surface area contributed by atoms with E-state index in [0.29, 0.717) is 6.42 Å². The van der Waals surface area contributed by atoms with Crippen molar-refractivity contribution >= 4 is 21.6 Å². The SMILES string of the molecule is Cc1ccc(F)cc1CC(N)c1nc2ccccc2s1. The standard InChI is InChI=1S/C16H15FN2S/c1-10-6-7-12(17)8-11(10)9-13(18)16-19-14-4-2-3-5-15(14)20-16/h2-8,13H,9,18H2,1H3. The Kier molecular flexibility index (Phi) is 3.51. The van der Waals surface area contributed by atoms with Crippen molar-refractivity contribution in [3.63, 3.8) is 0 Å². The van der Waals surface area contributed by atoms with Crippen LogP contribution < -0.4 is 5.73 Å². The molecule has 0 aliphatic rings. The Bertz CT molecular complexity index is 718. The molecule has 1 atom stereocenters. The fourth-order valence-corrected chi connectivity index (χ4v) is 3.20. The molecule has 0 radical (unpaired) electrons. The average molecular weight is 286 g/mol. The first kappa shape index (κ1) is 13.2. The van der Waals surface area contributed by atoms with Crippen molar-refractivity contribution in [1.29, 1.82) is 0 Å². The number of hydrogen-bond donors (Lipinski definition) is 1. The minimum absolute atomic E-state index is 0.201. The lowest BCUT2D eigenvalue weighted by molar-refractivity contribution is 0.620. The van der Waals surface area contributed by atoms with E-state index in [9.17, 15) is 4.39 Å². The highest BCUT2D eigenvalue weighted by Gasteiger charge is 2.14. The summed E-state index contributed by atoms with van der Waals surface area (Å²) in [6, 6.07) is 12.6. The summed E-state index contributed by atoms with van der Waals surface area (Å²) in [7, 11) is 0. The monoisotopic (exact) mass is 286 g/mol. The minimum atomic E-state index is -0.220. The van der Waals surface area contributed by atoms with Crippen molar-refractivity contribution < 1.29 is 4.39 Å². The normalized spacial score (nSPS) is 12.8. The van der Waals surface area contributed by atoms with Crippen LogP contribution in [0.3, 0.4) is 0 Å². The van der Waals surface area contributed by atoms with Crippen LogP contribution in [0.25, 0.3) is 10.2 Å². The molecular weight excluding hydrogens is 271 g/mol. The summed E-state index contributed by atoms with van der Waals surface area (Å²) in [5.41, 5.74) is 9.21. The lowest BCUT2D eigenvalue weighted by Crippen LogP contribution is -2.13. The maximum Gasteiger partial charge on any atom is 0.123 e. The first-order valence-corrected chi connectivity index (χ1v) is 7.31. The summed E-state index contributed by atoms with van der Waals surface area (Å²) < 4.78 is 14.4. The van der Waals surface area contributed by atoms with Crippen LogP contribution in [0.15, 0.2) is 42.5 Å². The summed E-state index contributed by atoms with van der Waals surface area (Å²) >= 11 is 1.60. The predicted molar refractivity (Wildman–Crippen MR) is 81.4 cm³/mol. The number of nitrogens with zero attached hydrogens (tertiary/aromatic N) is 1. The topological polar surface area (TPSA) is 38.9 Å². The fraction of sp³-hybridized carbons (Fsp3) is 0.188. The third kappa shape index (κ3) is 2.57. The van der Waals surface area contributed by atoms with Gasteiger partial charge < -0.3 is 5.73 Å². The van der Waals surface area contributed by atoms with Crippen molar-refractivity contribution in [2.75, 3.05) is 0 Å². The number of nitrogens with two attached hydrogens (primary N) is 1. The molecule has 0 fully saturated rings. The second kappa shape index (κ2) is 5.31. The second-order valence-corrected chi connectivity index (χ2v) is 5.96. The summed E-state index contributed by atoms with van der Waals surface area (Å²) in [6.07, 6.45) is 0.601. The van der Waals surface area contributed by atoms with Crippen molar-refractivity contribution in [2.24, 2.45) is 5.73 Å². The van der Waals surface area contributed by atoms with Crippen molar-refractivity contribution in [2.45, 2.75) is 19.4 Å². The molecule has 2 aromatic carbocycles. The molecule has 0 bridgehead atoms. The van der Waals surface area contributed by atoms with Crippen LogP contribution in [0.1, 0.15) is 22.2 Å². The third-order valence-corrected chi connectivity index (χ3v) is 4.55. The number of halogens is 1. The lowest BCUT2D eigenvalue weighted by Gasteiger charge is -2.11.